The zero-order valence-electron chi connectivity index (χ0n) is 15.1. The van der Waals surface area contributed by atoms with Crippen LogP contribution in [0.3, 0.4) is 0 Å². The average Bonchev–Trinajstić information content (AvgIpc) is 2.72. The van der Waals surface area contributed by atoms with Gasteiger partial charge in [-0.3, -0.25) is 0 Å². The second-order valence-corrected chi connectivity index (χ2v) is 7.75. The van der Waals surface area contributed by atoms with E-state index in [1.807, 2.05) is 30.5 Å². The molecule has 5 heteroatoms. The average molecular weight is 348 g/mol. The number of rotatable bonds is 7. The van der Waals surface area contributed by atoms with E-state index in [1.165, 1.54) is 0 Å². The van der Waals surface area contributed by atoms with Crippen LogP contribution in [-0.4, -0.2) is 23.3 Å². The SMILES string of the molecule is C=CC[C@H](c1ccc(Cl)nc1)[C@@H](CC=C)B1OC(C)(C)C(C)(C)O1. The van der Waals surface area contributed by atoms with Crippen molar-refractivity contribution >= 4 is 18.7 Å². The van der Waals surface area contributed by atoms with E-state index in [0.717, 1.165) is 18.4 Å². The van der Waals surface area contributed by atoms with Gasteiger partial charge < -0.3 is 9.31 Å². The smallest absolute Gasteiger partial charge is 0.403 e. The maximum Gasteiger partial charge on any atom is 0.462 e. The van der Waals surface area contributed by atoms with Gasteiger partial charge in [0.15, 0.2) is 0 Å². The van der Waals surface area contributed by atoms with Crippen molar-refractivity contribution in [3.8, 4) is 0 Å². The van der Waals surface area contributed by atoms with Crippen LogP contribution < -0.4 is 0 Å². The minimum absolute atomic E-state index is 0.129. The second-order valence-electron chi connectivity index (χ2n) is 7.36. The molecule has 1 aromatic heterocycles. The maximum atomic E-state index is 6.30. The summed E-state index contributed by atoms with van der Waals surface area (Å²) in [5.74, 6) is 0.310. The summed E-state index contributed by atoms with van der Waals surface area (Å²) in [7, 11) is -0.298. The van der Waals surface area contributed by atoms with Gasteiger partial charge in [0.2, 0.25) is 0 Å². The van der Waals surface area contributed by atoms with Gasteiger partial charge in [-0.15, -0.1) is 13.2 Å². The van der Waals surface area contributed by atoms with Crippen LogP contribution in [0.1, 0.15) is 52.0 Å². The fourth-order valence-corrected chi connectivity index (χ4v) is 3.18. The molecule has 0 aromatic carbocycles. The molecule has 0 unspecified atom stereocenters. The monoisotopic (exact) mass is 347 g/mol. The molecule has 0 spiro atoms. The molecule has 1 aliphatic rings. The van der Waals surface area contributed by atoms with Crippen molar-refractivity contribution in [3.63, 3.8) is 0 Å². The van der Waals surface area contributed by atoms with E-state index in [4.69, 9.17) is 20.9 Å². The van der Waals surface area contributed by atoms with Crippen molar-refractivity contribution in [3.05, 3.63) is 54.4 Å². The minimum atomic E-state index is -0.353. The molecule has 1 aromatic rings. The lowest BCUT2D eigenvalue weighted by Crippen LogP contribution is -2.41. The Morgan fingerprint density at radius 3 is 2.17 bits per heavy atom. The highest BCUT2D eigenvalue weighted by molar-refractivity contribution is 6.47. The van der Waals surface area contributed by atoms with E-state index in [9.17, 15) is 0 Å². The van der Waals surface area contributed by atoms with Crippen LogP contribution in [-0.2, 0) is 9.31 Å². The number of pyridine rings is 1. The highest BCUT2D eigenvalue weighted by atomic mass is 35.5. The van der Waals surface area contributed by atoms with Crippen molar-refractivity contribution in [2.24, 2.45) is 0 Å². The van der Waals surface area contributed by atoms with E-state index >= 15 is 0 Å². The van der Waals surface area contributed by atoms with Gasteiger partial charge in [0.1, 0.15) is 5.15 Å². The lowest BCUT2D eigenvalue weighted by atomic mass is 9.61. The first-order valence-corrected chi connectivity index (χ1v) is 8.78. The standard InChI is InChI=1S/C19H27BClNO2/c1-7-9-15(14-11-12-17(21)22-13-14)16(10-8-2)20-23-18(3,4)19(5,6)24-20/h7-8,11-13,15-16H,1-2,9-10H2,3-6H3/t15-,16-/m1/s1. The first-order valence-electron chi connectivity index (χ1n) is 8.40. The van der Waals surface area contributed by atoms with Crippen molar-refractivity contribution in [1.29, 1.82) is 0 Å². The summed E-state index contributed by atoms with van der Waals surface area (Å²) in [6, 6.07) is 3.84. The van der Waals surface area contributed by atoms with E-state index in [2.05, 4.69) is 45.8 Å². The van der Waals surface area contributed by atoms with E-state index in [0.29, 0.717) is 5.15 Å². The van der Waals surface area contributed by atoms with Crippen LogP contribution in [0.5, 0.6) is 0 Å². The number of aromatic nitrogens is 1. The molecular weight excluding hydrogens is 320 g/mol. The third-order valence-electron chi connectivity index (χ3n) is 5.18. The number of hydrogen-bond donors (Lipinski definition) is 0. The van der Waals surface area contributed by atoms with Gasteiger partial charge in [0, 0.05) is 12.0 Å². The van der Waals surface area contributed by atoms with Gasteiger partial charge in [0.25, 0.3) is 0 Å². The fraction of sp³-hybridized carbons (Fsp3) is 0.526. The first-order chi connectivity index (χ1) is 11.2. The van der Waals surface area contributed by atoms with Crippen molar-refractivity contribution < 1.29 is 9.31 Å². The molecule has 0 aliphatic carbocycles. The largest absolute Gasteiger partial charge is 0.462 e. The van der Waals surface area contributed by atoms with Crippen molar-refractivity contribution in [1.82, 2.24) is 4.98 Å². The molecule has 0 radical (unpaired) electrons. The molecule has 0 saturated carbocycles. The summed E-state index contributed by atoms with van der Waals surface area (Å²) >= 11 is 5.94. The third kappa shape index (κ3) is 3.93. The predicted octanol–water partition coefficient (Wildman–Crippen LogP) is 5.43. The topological polar surface area (TPSA) is 31.4 Å². The van der Waals surface area contributed by atoms with Gasteiger partial charge in [-0.2, -0.15) is 0 Å². The van der Waals surface area contributed by atoms with Crippen LogP contribution in [0.25, 0.3) is 0 Å². The van der Waals surface area contributed by atoms with E-state index in [1.54, 1.807) is 0 Å². The zero-order chi connectivity index (χ0) is 18.0. The maximum absolute atomic E-state index is 6.30. The Hall–Kier alpha value is -1.10. The summed E-state index contributed by atoms with van der Waals surface area (Å²) in [6.45, 7) is 16.1. The van der Waals surface area contributed by atoms with Crippen LogP contribution in [0.2, 0.25) is 11.0 Å². The summed E-state index contributed by atoms with van der Waals surface area (Å²) in [5, 5.41) is 0.493. The van der Waals surface area contributed by atoms with Crippen LogP contribution >= 0.6 is 11.6 Å². The highest BCUT2D eigenvalue weighted by Crippen LogP contribution is 2.46. The number of allylic oxidation sites excluding steroid dienone is 2. The van der Waals surface area contributed by atoms with Crippen LogP contribution in [0, 0.1) is 0 Å². The molecule has 1 aliphatic heterocycles. The molecule has 0 amide bonds. The van der Waals surface area contributed by atoms with Gasteiger partial charge in [-0.1, -0.05) is 29.8 Å². The predicted molar refractivity (Wildman–Crippen MR) is 101 cm³/mol. The third-order valence-corrected chi connectivity index (χ3v) is 5.40. The van der Waals surface area contributed by atoms with Crippen LogP contribution in [0.4, 0.5) is 0 Å². The molecule has 1 saturated heterocycles. The quantitative estimate of drug-likeness (QED) is 0.374. The highest BCUT2D eigenvalue weighted by Gasteiger charge is 2.54. The normalized spacial score (nSPS) is 21.3. The van der Waals surface area contributed by atoms with E-state index in [-0.39, 0.29) is 30.1 Å². The molecule has 2 atom stereocenters. The Morgan fingerprint density at radius 1 is 1.12 bits per heavy atom. The Balaban J connectivity index is 2.34. The van der Waals surface area contributed by atoms with Crippen molar-refractivity contribution in [2.45, 2.75) is 63.5 Å². The fourth-order valence-electron chi connectivity index (χ4n) is 3.07. The molecule has 2 heterocycles. The summed E-state index contributed by atoms with van der Waals surface area (Å²) < 4.78 is 12.6. The number of hydrogen-bond acceptors (Lipinski definition) is 3. The Labute approximate surface area is 151 Å². The number of nitrogens with zero attached hydrogens (tertiary/aromatic N) is 1. The lowest BCUT2D eigenvalue weighted by molar-refractivity contribution is 0.00578. The number of halogens is 1. The second kappa shape index (κ2) is 7.43. The molecule has 1 fully saturated rings. The molecule has 2 rings (SSSR count). The first kappa shape index (κ1) is 19.2. The Morgan fingerprint density at radius 2 is 1.71 bits per heavy atom. The van der Waals surface area contributed by atoms with Gasteiger partial charge in [-0.25, -0.2) is 4.98 Å². The minimum Gasteiger partial charge on any atom is -0.403 e. The summed E-state index contributed by atoms with van der Waals surface area (Å²) in [5.41, 5.74) is 0.406. The van der Waals surface area contributed by atoms with Gasteiger partial charge >= 0.3 is 7.12 Å². The molecule has 130 valence electrons. The molecule has 3 nitrogen and oxygen atoms in total. The van der Waals surface area contributed by atoms with Gasteiger partial charge in [0.05, 0.1) is 11.2 Å². The molecule has 0 bridgehead atoms. The van der Waals surface area contributed by atoms with Crippen LogP contribution in [0.15, 0.2) is 43.6 Å². The molecule has 0 N–H and O–H groups in total. The molecular formula is C19H27BClNO2. The van der Waals surface area contributed by atoms with Gasteiger partial charge in [-0.05, 0) is 58.1 Å². The molecule has 24 heavy (non-hydrogen) atoms. The van der Waals surface area contributed by atoms with Crippen molar-refractivity contribution in [2.75, 3.05) is 0 Å². The Bertz CT molecular complexity index is 570. The summed E-state index contributed by atoms with van der Waals surface area (Å²) in [4.78, 5) is 4.23. The zero-order valence-corrected chi connectivity index (χ0v) is 15.8. The van der Waals surface area contributed by atoms with E-state index < -0.39 is 0 Å². The summed E-state index contributed by atoms with van der Waals surface area (Å²) in [6.07, 6.45) is 7.29. The lowest BCUT2D eigenvalue weighted by Gasteiger charge is -2.32. The Kier molecular flexibility index (Phi) is 5.95.